The lowest BCUT2D eigenvalue weighted by atomic mass is 10.1. The summed E-state index contributed by atoms with van der Waals surface area (Å²) in [4.78, 5) is 6.75. The first-order valence-electron chi connectivity index (χ1n) is 9.24. The van der Waals surface area contributed by atoms with Crippen LogP contribution in [0.4, 0.5) is 8.78 Å². The quantitative estimate of drug-likeness (QED) is 0.676. The summed E-state index contributed by atoms with van der Waals surface area (Å²) in [6.45, 7) is 3.10. The molecular weight excluding hydrogens is 398 g/mol. The third-order valence-corrected chi connectivity index (χ3v) is 4.95. The van der Waals surface area contributed by atoms with Crippen molar-refractivity contribution in [2.45, 2.75) is 12.6 Å². The van der Waals surface area contributed by atoms with Crippen LogP contribution in [-0.4, -0.2) is 34.1 Å². The van der Waals surface area contributed by atoms with Gasteiger partial charge in [0, 0.05) is 45.6 Å². The molecule has 2 aromatic carbocycles. The molecule has 1 aromatic heterocycles. The summed E-state index contributed by atoms with van der Waals surface area (Å²) in [7, 11) is 1.98. The zero-order valence-electron chi connectivity index (χ0n) is 16.0. The van der Waals surface area contributed by atoms with Crippen LogP contribution < -0.4 is 10.1 Å². The molecule has 1 unspecified atom stereocenters. The largest absolute Gasteiger partial charge is 0.451 e. The van der Waals surface area contributed by atoms with Crippen LogP contribution in [0.2, 0.25) is 0 Å². The fraction of sp³-hybridized carbons (Fsp3) is 0.286. The molecule has 4 rings (SSSR count). The third-order valence-electron chi connectivity index (χ3n) is 4.95. The second-order valence-corrected chi connectivity index (χ2v) is 6.88. The number of aromatic nitrogens is 2. The summed E-state index contributed by atoms with van der Waals surface area (Å²) in [5.41, 5.74) is 0.833. The summed E-state index contributed by atoms with van der Waals surface area (Å²) in [6.07, 6.45) is 3.72. The number of nitrogens with zero attached hydrogens (tertiary/aromatic N) is 3. The average molecular weight is 421 g/mol. The van der Waals surface area contributed by atoms with E-state index in [4.69, 9.17) is 4.74 Å². The first-order chi connectivity index (χ1) is 13.6. The third kappa shape index (κ3) is 4.75. The van der Waals surface area contributed by atoms with Crippen LogP contribution in [-0.2, 0) is 13.6 Å². The predicted molar refractivity (Wildman–Crippen MR) is 109 cm³/mol. The number of rotatable bonds is 5. The van der Waals surface area contributed by atoms with Gasteiger partial charge < -0.3 is 14.6 Å². The standard InChI is InChI=1S/C21H22F2N4O.ClH/c1-26-10-9-25-21(26)18-13-24-8-11-27(18)14-15-6-7-20(17(23)12-15)28-19-5-3-2-4-16(19)22;/h2-7,9-10,12,18,24H,8,11,13-14H2,1H3;1H. The van der Waals surface area contributed by atoms with E-state index in [9.17, 15) is 8.78 Å². The highest BCUT2D eigenvalue weighted by molar-refractivity contribution is 5.85. The molecule has 5 nitrogen and oxygen atoms in total. The smallest absolute Gasteiger partial charge is 0.166 e. The minimum absolute atomic E-state index is 0. The van der Waals surface area contributed by atoms with E-state index in [1.165, 1.54) is 18.2 Å². The Morgan fingerprint density at radius 3 is 2.66 bits per heavy atom. The maximum Gasteiger partial charge on any atom is 0.166 e. The number of aryl methyl sites for hydroxylation is 1. The molecule has 2 heterocycles. The van der Waals surface area contributed by atoms with E-state index in [1.807, 2.05) is 23.9 Å². The number of nitrogens with one attached hydrogen (secondary N) is 1. The van der Waals surface area contributed by atoms with Gasteiger partial charge in [-0.15, -0.1) is 12.4 Å². The number of piperazine rings is 1. The van der Waals surface area contributed by atoms with E-state index in [0.717, 1.165) is 31.0 Å². The van der Waals surface area contributed by atoms with E-state index in [2.05, 4.69) is 15.2 Å². The van der Waals surface area contributed by atoms with Crippen molar-refractivity contribution in [3.8, 4) is 11.5 Å². The van der Waals surface area contributed by atoms with Crippen LogP contribution in [0.15, 0.2) is 54.9 Å². The minimum atomic E-state index is -0.523. The summed E-state index contributed by atoms with van der Waals surface area (Å²) < 4.78 is 35.7. The molecule has 1 aliphatic heterocycles. The van der Waals surface area contributed by atoms with Gasteiger partial charge in [-0.2, -0.15) is 0 Å². The lowest BCUT2D eigenvalue weighted by Crippen LogP contribution is -2.46. The van der Waals surface area contributed by atoms with Gasteiger partial charge in [0.15, 0.2) is 23.1 Å². The Kier molecular flexibility index (Phi) is 6.84. The normalized spacial score (nSPS) is 17.0. The zero-order valence-corrected chi connectivity index (χ0v) is 16.8. The van der Waals surface area contributed by atoms with Crippen LogP contribution in [0.25, 0.3) is 0 Å². The molecule has 1 atom stereocenters. The summed E-state index contributed by atoms with van der Waals surface area (Å²) in [5, 5.41) is 3.39. The van der Waals surface area contributed by atoms with Gasteiger partial charge in [-0.05, 0) is 29.8 Å². The molecule has 8 heteroatoms. The van der Waals surface area contributed by atoms with Gasteiger partial charge in [0.1, 0.15) is 5.82 Å². The molecule has 0 saturated carbocycles. The number of ether oxygens (including phenoxy) is 1. The lowest BCUT2D eigenvalue weighted by molar-refractivity contribution is 0.144. The molecule has 0 bridgehead atoms. The predicted octanol–water partition coefficient (Wildman–Crippen LogP) is 4.06. The molecule has 29 heavy (non-hydrogen) atoms. The Morgan fingerprint density at radius 2 is 1.93 bits per heavy atom. The van der Waals surface area contributed by atoms with Crippen molar-refractivity contribution in [3.63, 3.8) is 0 Å². The van der Waals surface area contributed by atoms with Gasteiger partial charge in [-0.1, -0.05) is 18.2 Å². The van der Waals surface area contributed by atoms with Crippen LogP contribution in [0.1, 0.15) is 17.4 Å². The molecule has 1 fully saturated rings. The molecule has 0 aliphatic carbocycles. The SMILES string of the molecule is Cl.Cn1ccnc1C1CNCCN1Cc1ccc(Oc2ccccc2F)c(F)c1. The van der Waals surface area contributed by atoms with Crippen LogP contribution in [0, 0.1) is 11.6 Å². The Morgan fingerprint density at radius 1 is 1.14 bits per heavy atom. The number of para-hydroxylation sites is 1. The Hall–Kier alpha value is -2.48. The number of halogens is 3. The van der Waals surface area contributed by atoms with Gasteiger partial charge in [0.05, 0.1) is 6.04 Å². The van der Waals surface area contributed by atoms with Crippen molar-refractivity contribution < 1.29 is 13.5 Å². The molecule has 1 aliphatic rings. The molecule has 1 N–H and O–H groups in total. The molecule has 0 radical (unpaired) electrons. The fourth-order valence-electron chi connectivity index (χ4n) is 3.49. The molecule has 0 spiro atoms. The summed E-state index contributed by atoms with van der Waals surface area (Å²) >= 11 is 0. The first kappa shape index (κ1) is 21.2. The van der Waals surface area contributed by atoms with E-state index in [-0.39, 0.29) is 29.9 Å². The Labute approximate surface area is 174 Å². The minimum Gasteiger partial charge on any atom is -0.451 e. The topological polar surface area (TPSA) is 42.3 Å². The number of benzene rings is 2. The highest BCUT2D eigenvalue weighted by Crippen LogP contribution is 2.28. The second-order valence-electron chi connectivity index (χ2n) is 6.88. The first-order valence-corrected chi connectivity index (χ1v) is 9.24. The molecule has 3 aromatic rings. The molecule has 1 saturated heterocycles. The van der Waals surface area contributed by atoms with E-state index in [0.29, 0.717) is 6.54 Å². The van der Waals surface area contributed by atoms with Gasteiger partial charge in [-0.25, -0.2) is 13.8 Å². The lowest BCUT2D eigenvalue weighted by Gasteiger charge is -2.35. The highest BCUT2D eigenvalue weighted by Gasteiger charge is 2.27. The average Bonchev–Trinajstić information content (AvgIpc) is 3.12. The molecule has 154 valence electrons. The van der Waals surface area contributed by atoms with Gasteiger partial charge >= 0.3 is 0 Å². The number of imidazole rings is 1. The maximum atomic E-state index is 14.6. The zero-order chi connectivity index (χ0) is 19.5. The van der Waals surface area contributed by atoms with Crippen LogP contribution >= 0.6 is 12.4 Å². The fourth-order valence-corrected chi connectivity index (χ4v) is 3.49. The van der Waals surface area contributed by atoms with Crippen molar-refractivity contribution in [2.24, 2.45) is 7.05 Å². The van der Waals surface area contributed by atoms with Crippen molar-refractivity contribution >= 4 is 12.4 Å². The summed E-state index contributed by atoms with van der Waals surface area (Å²) in [6, 6.07) is 10.9. The Bertz CT molecular complexity index is 965. The van der Waals surface area contributed by atoms with E-state index < -0.39 is 11.6 Å². The van der Waals surface area contributed by atoms with Gasteiger partial charge in [-0.3, -0.25) is 4.90 Å². The number of hydrogen-bond donors (Lipinski definition) is 1. The van der Waals surface area contributed by atoms with Crippen molar-refractivity contribution in [3.05, 3.63) is 77.9 Å². The van der Waals surface area contributed by atoms with Gasteiger partial charge in [0.2, 0.25) is 0 Å². The molecular formula is C21H23ClF2N4O. The van der Waals surface area contributed by atoms with Crippen molar-refractivity contribution in [1.29, 1.82) is 0 Å². The van der Waals surface area contributed by atoms with Crippen LogP contribution in [0.5, 0.6) is 11.5 Å². The molecule has 0 amide bonds. The number of hydrogen-bond acceptors (Lipinski definition) is 4. The van der Waals surface area contributed by atoms with Crippen molar-refractivity contribution in [1.82, 2.24) is 19.8 Å². The Balaban J connectivity index is 0.00000240. The second kappa shape index (κ2) is 9.35. The van der Waals surface area contributed by atoms with Crippen molar-refractivity contribution in [2.75, 3.05) is 19.6 Å². The monoisotopic (exact) mass is 420 g/mol. The van der Waals surface area contributed by atoms with E-state index >= 15 is 0 Å². The summed E-state index contributed by atoms with van der Waals surface area (Å²) in [5.74, 6) is -0.0396. The van der Waals surface area contributed by atoms with Gasteiger partial charge in [0.25, 0.3) is 0 Å². The highest BCUT2D eigenvalue weighted by atomic mass is 35.5. The maximum absolute atomic E-state index is 14.6. The van der Waals surface area contributed by atoms with E-state index in [1.54, 1.807) is 24.4 Å². The van der Waals surface area contributed by atoms with Crippen LogP contribution in [0.3, 0.4) is 0 Å².